The van der Waals surface area contributed by atoms with Crippen molar-refractivity contribution in [3.8, 4) is 11.5 Å². The van der Waals surface area contributed by atoms with Gasteiger partial charge in [0.05, 0.1) is 26.7 Å². The summed E-state index contributed by atoms with van der Waals surface area (Å²) in [5.74, 6) is 1.05. The molecule has 0 aliphatic carbocycles. The predicted molar refractivity (Wildman–Crippen MR) is 126 cm³/mol. The van der Waals surface area contributed by atoms with Crippen molar-refractivity contribution in [1.82, 2.24) is 0 Å². The van der Waals surface area contributed by atoms with E-state index >= 15 is 0 Å². The van der Waals surface area contributed by atoms with Crippen molar-refractivity contribution in [2.24, 2.45) is 23.7 Å². The van der Waals surface area contributed by atoms with E-state index in [2.05, 4.69) is 0 Å². The van der Waals surface area contributed by atoms with Crippen LogP contribution in [0.25, 0.3) is 0 Å². The van der Waals surface area contributed by atoms with E-state index in [1.165, 1.54) is 7.11 Å². The Balaban J connectivity index is 2.90. The minimum atomic E-state index is -0.197. The molecular formula is C26H40O6. The van der Waals surface area contributed by atoms with Crippen molar-refractivity contribution in [1.29, 1.82) is 0 Å². The fraction of sp³-hybridized carbons (Fsp3) is 0.615. The number of allylic oxidation sites excluding steroid dienone is 2. The van der Waals surface area contributed by atoms with Crippen molar-refractivity contribution in [3.63, 3.8) is 0 Å². The van der Waals surface area contributed by atoms with Gasteiger partial charge in [-0.1, -0.05) is 39.8 Å². The van der Waals surface area contributed by atoms with Crippen LogP contribution in [0.4, 0.5) is 0 Å². The van der Waals surface area contributed by atoms with Crippen molar-refractivity contribution in [2.45, 2.75) is 47.0 Å². The quantitative estimate of drug-likeness (QED) is 0.156. The van der Waals surface area contributed by atoms with Gasteiger partial charge in [-0.3, -0.25) is 9.59 Å². The second-order valence-electron chi connectivity index (χ2n) is 8.59. The zero-order chi connectivity index (χ0) is 24.1. The number of methoxy groups -OCH3 is 3. The van der Waals surface area contributed by atoms with E-state index in [4.69, 9.17) is 18.9 Å². The number of carbonyl (C=O) groups is 2. The van der Waals surface area contributed by atoms with E-state index in [0.29, 0.717) is 43.1 Å². The highest BCUT2D eigenvalue weighted by molar-refractivity contribution is 5.98. The standard InChI is InChI=1S/C26H40O6/c1-18(2)21(11-8-9-12-22(19(3)4)26(28)31-7)25(27)20-13-14-23(30-6)24(17-20)32-16-10-15-29-5/h8-9,13-14,17-19,21-22H,10-12,15-16H2,1-7H3/b9-8+. The molecule has 0 spiro atoms. The third-order valence-electron chi connectivity index (χ3n) is 5.60. The van der Waals surface area contributed by atoms with Crippen LogP contribution >= 0.6 is 0 Å². The summed E-state index contributed by atoms with van der Waals surface area (Å²) in [4.78, 5) is 25.2. The number of hydrogen-bond donors (Lipinski definition) is 0. The molecule has 0 bridgehead atoms. The van der Waals surface area contributed by atoms with E-state index in [1.807, 2.05) is 39.8 Å². The van der Waals surface area contributed by atoms with Crippen LogP contribution < -0.4 is 9.47 Å². The third kappa shape index (κ3) is 8.65. The Morgan fingerprint density at radius 3 is 2.03 bits per heavy atom. The molecule has 1 aromatic carbocycles. The van der Waals surface area contributed by atoms with Gasteiger partial charge in [0.25, 0.3) is 0 Å². The highest BCUT2D eigenvalue weighted by atomic mass is 16.5. The highest BCUT2D eigenvalue weighted by Crippen LogP contribution is 2.31. The molecule has 1 rings (SSSR count). The Labute approximate surface area is 193 Å². The van der Waals surface area contributed by atoms with Crippen LogP contribution in [0.1, 0.15) is 57.3 Å². The molecule has 0 heterocycles. The Kier molecular flexibility index (Phi) is 12.7. The smallest absolute Gasteiger partial charge is 0.309 e. The summed E-state index contributed by atoms with van der Waals surface area (Å²) in [6.07, 6.45) is 5.96. The van der Waals surface area contributed by atoms with E-state index < -0.39 is 0 Å². The lowest BCUT2D eigenvalue weighted by Gasteiger charge is -2.20. The lowest BCUT2D eigenvalue weighted by atomic mass is 9.84. The van der Waals surface area contributed by atoms with Crippen LogP contribution in [0.15, 0.2) is 30.4 Å². The van der Waals surface area contributed by atoms with Crippen molar-refractivity contribution >= 4 is 11.8 Å². The average Bonchev–Trinajstić information content (AvgIpc) is 2.77. The Morgan fingerprint density at radius 1 is 0.875 bits per heavy atom. The van der Waals surface area contributed by atoms with E-state index in [0.717, 1.165) is 6.42 Å². The van der Waals surface area contributed by atoms with Crippen LogP contribution in [0.2, 0.25) is 0 Å². The summed E-state index contributed by atoms with van der Waals surface area (Å²) >= 11 is 0. The van der Waals surface area contributed by atoms with Gasteiger partial charge in [0.2, 0.25) is 0 Å². The molecule has 6 nitrogen and oxygen atoms in total. The second-order valence-corrected chi connectivity index (χ2v) is 8.59. The Morgan fingerprint density at radius 2 is 1.50 bits per heavy atom. The van der Waals surface area contributed by atoms with Crippen LogP contribution in [0.5, 0.6) is 11.5 Å². The summed E-state index contributed by atoms with van der Waals surface area (Å²) in [6.45, 7) is 9.20. The van der Waals surface area contributed by atoms with Gasteiger partial charge in [-0.2, -0.15) is 0 Å². The molecule has 0 aliphatic rings. The van der Waals surface area contributed by atoms with Gasteiger partial charge in [0.15, 0.2) is 17.3 Å². The molecule has 0 amide bonds. The molecule has 32 heavy (non-hydrogen) atoms. The lowest BCUT2D eigenvalue weighted by Crippen LogP contribution is -2.21. The van der Waals surface area contributed by atoms with Gasteiger partial charge in [0.1, 0.15) is 0 Å². The predicted octanol–water partition coefficient (Wildman–Crippen LogP) is 5.35. The van der Waals surface area contributed by atoms with E-state index in [9.17, 15) is 9.59 Å². The summed E-state index contributed by atoms with van der Waals surface area (Å²) in [5.41, 5.74) is 0.606. The van der Waals surface area contributed by atoms with Gasteiger partial charge >= 0.3 is 5.97 Å². The molecule has 0 fully saturated rings. The lowest BCUT2D eigenvalue weighted by molar-refractivity contribution is -0.146. The molecule has 2 unspecified atom stereocenters. The molecule has 0 saturated heterocycles. The molecular weight excluding hydrogens is 408 g/mol. The number of ether oxygens (including phenoxy) is 4. The van der Waals surface area contributed by atoms with Crippen molar-refractivity contribution in [3.05, 3.63) is 35.9 Å². The van der Waals surface area contributed by atoms with Crippen LogP contribution in [0, 0.1) is 23.7 Å². The molecule has 0 aliphatic heterocycles. The minimum absolute atomic E-state index is 0.0717. The monoisotopic (exact) mass is 448 g/mol. The molecule has 0 radical (unpaired) electrons. The summed E-state index contributed by atoms with van der Waals surface area (Å²) < 4.78 is 21.2. The van der Waals surface area contributed by atoms with Gasteiger partial charge in [-0.05, 0) is 42.9 Å². The first-order valence-corrected chi connectivity index (χ1v) is 11.3. The number of esters is 1. The molecule has 0 saturated carbocycles. The third-order valence-corrected chi connectivity index (χ3v) is 5.60. The van der Waals surface area contributed by atoms with E-state index in [1.54, 1.807) is 32.4 Å². The first-order valence-electron chi connectivity index (χ1n) is 11.3. The first-order chi connectivity index (χ1) is 15.3. The highest BCUT2D eigenvalue weighted by Gasteiger charge is 2.24. The number of carbonyl (C=O) groups excluding carboxylic acids is 2. The maximum Gasteiger partial charge on any atom is 0.309 e. The Bertz CT molecular complexity index is 738. The number of Topliss-reactive ketones (excluding diaryl/α,β-unsaturated/α-hetero) is 1. The second kappa shape index (κ2) is 14.7. The number of benzene rings is 1. The minimum Gasteiger partial charge on any atom is -0.493 e. The van der Waals surface area contributed by atoms with Crippen molar-refractivity contribution in [2.75, 3.05) is 34.5 Å². The topological polar surface area (TPSA) is 71.1 Å². The average molecular weight is 449 g/mol. The molecule has 180 valence electrons. The fourth-order valence-corrected chi connectivity index (χ4v) is 3.50. The van der Waals surface area contributed by atoms with Crippen LogP contribution in [-0.4, -0.2) is 46.3 Å². The normalized spacial score (nSPS) is 13.4. The summed E-state index contributed by atoms with van der Waals surface area (Å²) in [6, 6.07) is 5.32. The van der Waals surface area contributed by atoms with Gasteiger partial charge in [-0.15, -0.1) is 0 Å². The van der Waals surface area contributed by atoms with Crippen LogP contribution in [-0.2, 0) is 14.3 Å². The van der Waals surface area contributed by atoms with Gasteiger partial charge in [0, 0.05) is 31.6 Å². The SMILES string of the molecule is COCCCOc1cc(C(=O)C(C/C=C/CC(C(=O)OC)C(C)C)C(C)C)ccc1OC. The van der Waals surface area contributed by atoms with E-state index in [-0.39, 0.29) is 35.4 Å². The Hall–Kier alpha value is -2.34. The zero-order valence-electron chi connectivity index (χ0n) is 20.7. The molecule has 6 heteroatoms. The van der Waals surface area contributed by atoms with Gasteiger partial charge < -0.3 is 18.9 Å². The molecule has 2 atom stereocenters. The molecule has 1 aromatic rings. The fourth-order valence-electron chi connectivity index (χ4n) is 3.50. The number of hydrogen-bond acceptors (Lipinski definition) is 6. The number of rotatable bonds is 15. The van der Waals surface area contributed by atoms with Gasteiger partial charge in [-0.25, -0.2) is 0 Å². The van der Waals surface area contributed by atoms with Crippen molar-refractivity contribution < 1.29 is 28.5 Å². The molecule has 0 N–H and O–H groups in total. The maximum absolute atomic E-state index is 13.3. The summed E-state index contributed by atoms with van der Waals surface area (Å²) in [5, 5.41) is 0. The largest absolute Gasteiger partial charge is 0.493 e. The number of ketones is 1. The first kappa shape index (κ1) is 27.7. The summed E-state index contributed by atoms with van der Waals surface area (Å²) in [7, 11) is 4.65. The molecule has 0 aromatic heterocycles. The van der Waals surface area contributed by atoms with Crippen LogP contribution in [0.3, 0.4) is 0 Å². The zero-order valence-corrected chi connectivity index (χ0v) is 20.7. The maximum atomic E-state index is 13.3.